The maximum absolute atomic E-state index is 13.4. The van der Waals surface area contributed by atoms with Crippen LogP contribution in [0.1, 0.15) is 125 Å². The molecule has 1 spiro atoms. The first-order valence-electron chi connectivity index (χ1n) is 25.6. The normalized spacial score (nSPS) is 20.7. The van der Waals surface area contributed by atoms with Crippen molar-refractivity contribution in [1.82, 2.24) is 35.7 Å². The number of piperidine rings is 3. The van der Waals surface area contributed by atoms with E-state index < -0.39 is 35.3 Å². The molecule has 5 aliphatic heterocycles. The highest BCUT2D eigenvalue weighted by molar-refractivity contribution is 6.25. The average Bonchev–Trinajstić information content (AvgIpc) is 3.59. The van der Waals surface area contributed by atoms with Crippen LogP contribution >= 0.6 is 0 Å². The number of aromatic nitrogens is 2. The number of anilines is 4. The number of amides is 6. The van der Waals surface area contributed by atoms with Crippen molar-refractivity contribution in [3.8, 4) is 0 Å². The number of imide groups is 2. The number of carbonyl (C=O) groups is 6. The average molecular weight is 976 g/mol. The molecule has 0 aliphatic carbocycles. The quantitative estimate of drug-likeness (QED) is 0.0737. The zero-order chi connectivity index (χ0) is 50.3. The lowest BCUT2D eigenvalue weighted by Gasteiger charge is -2.48. The van der Waals surface area contributed by atoms with E-state index in [0.717, 1.165) is 80.8 Å². The molecule has 2 atom stereocenters. The van der Waals surface area contributed by atoms with Gasteiger partial charge in [0.15, 0.2) is 0 Å². The van der Waals surface area contributed by atoms with Crippen molar-refractivity contribution in [3.63, 3.8) is 0 Å². The fourth-order valence-electron chi connectivity index (χ4n) is 10.3. The molecule has 3 aromatic rings. The van der Waals surface area contributed by atoms with Crippen molar-refractivity contribution < 1.29 is 33.5 Å². The van der Waals surface area contributed by atoms with Crippen LogP contribution in [0.2, 0.25) is 0 Å². The third-order valence-electron chi connectivity index (χ3n) is 15.0. The van der Waals surface area contributed by atoms with Gasteiger partial charge in [-0.15, -0.1) is 0 Å². The van der Waals surface area contributed by atoms with E-state index >= 15 is 0 Å². The van der Waals surface area contributed by atoms with E-state index in [-0.39, 0.29) is 47.2 Å². The van der Waals surface area contributed by atoms with E-state index in [0.29, 0.717) is 63.2 Å². The van der Waals surface area contributed by atoms with Gasteiger partial charge in [-0.1, -0.05) is 39.0 Å². The Morgan fingerprint density at radius 3 is 2.41 bits per heavy atom. The van der Waals surface area contributed by atoms with Crippen molar-refractivity contribution in [1.29, 1.82) is 0 Å². The van der Waals surface area contributed by atoms with Crippen LogP contribution in [-0.2, 0) is 30.5 Å². The number of hydrogen-bond donors (Lipinski definition) is 5. The van der Waals surface area contributed by atoms with Crippen LogP contribution < -0.4 is 36.4 Å². The number of carbonyl (C=O) groups excluding carboxylic acids is 6. The molecule has 2 aromatic carbocycles. The van der Waals surface area contributed by atoms with E-state index in [1.54, 1.807) is 24.5 Å². The molecule has 0 bridgehead atoms. The summed E-state index contributed by atoms with van der Waals surface area (Å²) in [5, 5.41) is 15.3. The van der Waals surface area contributed by atoms with Crippen LogP contribution in [0.15, 0.2) is 54.9 Å². The minimum atomic E-state index is -1.02. The third kappa shape index (κ3) is 13.0. The van der Waals surface area contributed by atoms with E-state index in [1.165, 1.54) is 18.4 Å². The number of ether oxygens (including phenoxy) is 1. The van der Waals surface area contributed by atoms with Gasteiger partial charge in [0.05, 0.1) is 28.8 Å². The molecule has 5 aliphatic rings. The summed E-state index contributed by atoms with van der Waals surface area (Å²) in [4.78, 5) is 93.7. The van der Waals surface area contributed by atoms with E-state index in [2.05, 4.69) is 96.3 Å². The van der Waals surface area contributed by atoms with Gasteiger partial charge in [-0.3, -0.25) is 43.9 Å². The molecule has 0 saturated carbocycles. The summed E-state index contributed by atoms with van der Waals surface area (Å²) in [6.45, 7) is 18.8. The van der Waals surface area contributed by atoms with E-state index in [4.69, 9.17) is 4.74 Å². The lowest BCUT2D eigenvalue weighted by molar-refractivity contribution is -0.136. The summed E-state index contributed by atoms with van der Waals surface area (Å²) in [5.41, 5.74) is 3.03. The Hall–Kier alpha value is -6.14. The number of fused-ring (bicyclic) bond motifs is 1. The first kappa shape index (κ1) is 51.2. The Morgan fingerprint density at radius 2 is 1.66 bits per heavy atom. The van der Waals surface area contributed by atoms with Crippen LogP contribution in [-0.4, -0.2) is 138 Å². The number of nitrogens with zero attached hydrogens (tertiary/aromatic N) is 6. The zero-order valence-corrected chi connectivity index (χ0v) is 42.2. The lowest BCUT2D eigenvalue weighted by atomic mass is 9.82. The van der Waals surface area contributed by atoms with Crippen LogP contribution in [0.4, 0.5) is 23.0 Å². The number of benzene rings is 2. The second-order valence-electron chi connectivity index (χ2n) is 21.7. The van der Waals surface area contributed by atoms with Gasteiger partial charge in [0.2, 0.25) is 23.6 Å². The molecule has 18 heteroatoms. The molecular weight excluding hydrogens is 903 g/mol. The van der Waals surface area contributed by atoms with Gasteiger partial charge in [-0.25, -0.2) is 9.97 Å². The zero-order valence-electron chi connectivity index (χ0n) is 42.2. The summed E-state index contributed by atoms with van der Waals surface area (Å²) >= 11 is 0. The second-order valence-corrected chi connectivity index (χ2v) is 21.7. The Balaban J connectivity index is 0.695. The minimum Gasteiger partial charge on any atom is -0.384 e. The fraction of sp³-hybridized carbons (Fsp3) is 0.585. The number of piperazine rings is 1. The van der Waals surface area contributed by atoms with Crippen molar-refractivity contribution in [3.05, 3.63) is 71.5 Å². The SMILES string of the molecule is CC(CCOC(C)(C)CCC(=O)NCCCNc1cc(N2CCC3(CC2)CN(c2ccc(CN4CCC(C)(C)CC4)cc2)CC(=O)N3)ncn1)CNc1cccc2c1C(=O)N(C1CCC(=O)NC1=O)C2=O. The number of nitrogens with one attached hydrogen (secondary N) is 5. The van der Waals surface area contributed by atoms with Crippen molar-refractivity contribution in [2.45, 2.75) is 123 Å². The fourth-order valence-corrected chi connectivity index (χ4v) is 10.3. The van der Waals surface area contributed by atoms with Crippen molar-refractivity contribution >= 4 is 58.5 Å². The Morgan fingerprint density at radius 1 is 0.901 bits per heavy atom. The van der Waals surface area contributed by atoms with Crippen molar-refractivity contribution in [2.24, 2.45) is 11.3 Å². The molecule has 6 heterocycles. The monoisotopic (exact) mass is 976 g/mol. The molecule has 2 unspecified atom stereocenters. The predicted octanol–water partition coefficient (Wildman–Crippen LogP) is 5.11. The maximum atomic E-state index is 13.4. The molecule has 5 N–H and O–H groups in total. The summed E-state index contributed by atoms with van der Waals surface area (Å²) < 4.78 is 6.21. The molecule has 382 valence electrons. The van der Waals surface area contributed by atoms with Gasteiger partial charge in [0, 0.05) is 82.7 Å². The molecule has 4 saturated heterocycles. The molecular formula is C53H73N11O7. The lowest BCUT2D eigenvalue weighted by Crippen LogP contribution is -2.66. The highest BCUT2D eigenvalue weighted by Gasteiger charge is 2.46. The van der Waals surface area contributed by atoms with E-state index in [9.17, 15) is 28.8 Å². The Bertz CT molecular complexity index is 2430. The third-order valence-corrected chi connectivity index (χ3v) is 15.0. The molecule has 8 rings (SSSR count). The van der Waals surface area contributed by atoms with Gasteiger partial charge in [0.1, 0.15) is 24.0 Å². The van der Waals surface area contributed by atoms with Gasteiger partial charge < -0.3 is 35.8 Å². The van der Waals surface area contributed by atoms with Crippen LogP contribution in [0, 0.1) is 11.3 Å². The van der Waals surface area contributed by atoms with E-state index in [1.807, 2.05) is 19.9 Å². The first-order chi connectivity index (χ1) is 34.0. The number of rotatable bonds is 20. The topological polar surface area (TPSA) is 211 Å². The van der Waals surface area contributed by atoms with Gasteiger partial charge in [0.25, 0.3) is 11.8 Å². The van der Waals surface area contributed by atoms with Gasteiger partial charge in [-0.05, 0) is 119 Å². The van der Waals surface area contributed by atoms with Gasteiger partial charge >= 0.3 is 0 Å². The van der Waals surface area contributed by atoms with Crippen LogP contribution in [0.5, 0.6) is 0 Å². The number of hydrogen-bond acceptors (Lipinski definition) is 14. The second kappa shape index (κ2) is 22.1. The summed E-state index contributed by atoms with van der Waals surface area (Å²) in [7, 11) is 0. The molecule has 71 heavy (non-hydrogen) atoms. The summed E-state index contributed by atoms with van der Waals surface area (Å²) in [5.74, 6) is -0.380. The minimum absolute atomic E-state index is 0.0336. The molecule has 4 fully saturated rings. The summed E-state index contributed by atoms with van der Waals surface area (Å²) in [6, 6.07) is 14.8. The first-order valence-corrected chi connectivity index (χ1v) is 25.6. The highest BCUT2D eigenvalue weighted by atomic mass is 16.5. The van der Waals surface area contributed by atoms with Crippen molar-refractivity contribution in [2.75, 3.05) is 85.9 Å². The summed E-state index contributed by atoms with van der Waals surface area (Å²) in [6.07, 6.45) is 8.16. The van der Waals surface area contributed by atoms with Gasteiger partial charge in [-0.2, -0.15) is 0 Å². The Labute approximate surface area is 417 Å². The molecule has 1 aromatic heterocycles. The highest BCUT2D eigenvalue weighted by Crippen LogP contribution is 2.35. The largest absolute Gasteiger partial charge is 0.384 e. The molecule has 6 amide bonds. The van der Waals surface area contributed by atoms with Crippen LogP contribution in [0.25, 0.3) is 0 Å². The molecule has 18 nitrogen and oxygen atoms in total. The number of likely N-dealkylation sites (tertiary alicyclic amines) is 1. The maximum Gasteiger partial charge on any atom is 0.264 e. The standard InChI is InChI=1S/C53H73N11O7/c1-36(31-56-40-9-6-8-39-47(40)50(70)64(49(39)69)41-14-15-45(66)59-48(41)68)17-29-71-52(4,5)18-16-44(65)55-24-7-23-54-42-30-43(58-35-57-42)62-27-21-53(22-28-62)34-63(33-46(67)60-53)38-12-10-37(11-13-38)32-61-25-19-51(2,3)20-26-61/h6,8-13,30,35-36,41,56H,7,14-29,31-34H2,1-5H3,(H,55,65)(H,60,67)(H,54,57,58)(H,59,66,68). The predicted molar refractivity (Wildman–Crippen MR) is 272 cm³/mol. The van der Waals surface area contributed by atoms with Crippen LogP contribution in [0.3, 0.4) is 0 Å². The Kier molecular flexibility index (Phi) is 15.9. The molecule has 0 radical (unpaired) electrons. The smallest absolute Gasteiger partial charge is 0.264 e.